The van der Waals surface area contributed by atoms with Gasteiger partial charge in [-0.25, -0.2) is 13.8 Å². The number of halogens is 3. The summed E-state index contributed by atoms with van der Waals surface area (Å²) in [5.41, 5.74) is 4.76. The molecule has 0 unspecified atom stereocenters. The third-order valence-electron chi connectivity index (χ3n) is 6.94. The zero-order chi connectivity index (χ0) is 25.5. The highest BCUT2D eigenvalue weighted by Crippen LogP contribution is 2.51. The second kappa shape index (κ2) is 9.39. The Morgan fingerprint density at radius 3 is 2.54 bits per heavy atom. The van der Waals surface area contributed by atoms with Crippen LogP contribution in [0, 0.1) is 17.6 Å². The molecular weight excluding hydrogens is 496 g/mol. The lowest BCUT2D eigenvalue weighted by Gasteiger charge is -2.47. The van der Waals surface area contributed by atoms with E-state index < -0.39 is 33.7 Å². The summed E-state index contributed by atoms with van der Waals surface area (Å²) in [6.07, 6.45) is 3.16. The topological polar surface area (TPSA) is 101 Å². The van der Waals surface area contributed by atoms with Gasteiger partial charge in [-0.3, -0.25) is 14.6 Å². The minimum Gasteiger partial charge on any atom is -0.378 e. The van der Waals surface area contributed by atoms with Crippen LogP contribution in [0.1, 0.15) is 49.7 Å². The number of carbonyl (C=O) groups is 2. The van der Waals surface area contributed by atoms with E-state index in [4.69, 9.17) is 17.3 Å². The molecule has 1 fully saturated rings. The minimum atomic E-state index is -1.37. The first-order chi connectivity index (χ1) is 16.5. The summed E-state index contributed by atoms with van der Waals surface area (Å²) in [6.45, 7) is 6.49. The lowest BCUT2D eigenvalue weighted by atomic mass is 9.73. The van der Waals surface area contributed by atoms with Gasteiger partial charge in [-0.1, -0.05) is 30.3 Å². The molecule has 7 nitrogen and oxygen atoms in total. The normalized spacial score (nSPS) is 26.4. The number of pyridine rings is 1. The van der Waals surface area contributed by atoms with Crippen LogP contribution in [-0.4, -0.2) is 44.7 Å². The molecule has 2 aliphatic heterocycles. The van der Waals surface area contributed by atoms with Gasteiger partial charge >= 0.3 is 0 Å². The number of nitrogens with zero attached hydrogens (tertiary/aromatic N) is 3. The van der Waals surface area contributed by atoms with Gasteiger partial charge in [-0.05, 0) is 44.9 Å². The number of anilines is 1. The van der Waals surface area contributed by atoms with Crippen LogP contribution in [0.15, 0.2) is 35.5 Å². The van der Waals surface area contributed by atoms with Gasteiger partial charge in [0.05, 0.1) is 10.6 Å². The number of carbonyl (C=O) groups excluding carboxylic acids is 2. The monoisotopic (exact) mass is 521 g/mol. The zero-order valence-electron chi connectivity index (χ0n) is 19.6. The number of amides is 2. The molecule has 0 radical (unpaired) electrons. The number of hydrogen-bond donors (Lipinski definition) is 2. The number of amidine groups is 1. The molecule has 186 valence electrons. The number of likely N-dealkylation sites (tertiary alicyclic amines) is 1. The first-order valence-corrected chi connectivity index (χ1v) is 12.4. The van der Waals surface area contributed by atoms with Gasteiger partial charge in [0.1, 0.15) is 10.4 Å². The van der Waals surface area contributed by atoms with Crippen LogP contribution >= 0.6 is 23.4 Å². The Balaban J connectivity index is 1.72. The summed E-state index contributed by atoms with van der Waals surface area (Å²) in [7, 11) is 0. The summed E-state index contributed by atoms with van der Waals surface area (Å²) < 4.78 is 29.0. The second-order valence-electron chi connectivity index (χ2n) is 9.16. The zero-order valence-corrected chi connectivity index (χ0v) is 21.1. The number of hydrogen-bond acceptors (Lipinski definition) is 6. The molecule has 0 bridgehead atoms. The molecule has 3 heterocycles. The average Bonchev–Trinajstić information content (AvgIpc) is 3.34. The number of aliphatic imine (C=N–C) groups is 1. The third kappa shape index (κ3) is 4.61. The molecule has 11 heteroatoms. The minimum absolute atomic E-state index is 0.0219. The maximum Gasteiger partial charge on any atom is 0.274 e. The van der Waals surface area contributed by atoms with Crippen molar-refractivity contribution in [1.29, 1.82) is 0 Å². The first-order valence-electron chi connectivity index (χ1n) is 11.2. The highest BCUT2D eigenvalue weighted by molar-refractivity contribution is 8.15. The lowest BCUT2D eigenvalue weighted by Crippen LogP contribution is -2.56. The summed E-state index contributed by atoms with van der Waals surface area (Å²) in [6, 6.07) is 5.13. The van der Waals surface area contributed by atoms with Crippen LogP contribution in [0.5, 0.6) is 0 Å². The average molecular weight is 522 g/mol. The third-order valence-corrected chi connectivity index (χ3v) is 8.41. The van der Waals surface area contributed by atoms with Crippen LogP contribution < -0.4 is 11.1 Å². The number of nitrogens with two attached hydrogens (primary N) is 1. The van der Waals surface area contributed by atoms with E-state index in [1.807, 2.05) is 0 Å². The SMILES string of the molecule is C[C@@H]1[C@@](C)(C(=O)N2CCCC2)SC(N)=N[C@]1(C)c1cc(NC(=O)c2ccc(Cl)cn2)cc(F)c1F. The van der Waals surface area contributed by atoms with E-state index in [-0.39, 0.29) is 28.0 Å². The van der Waals surface area contributed by atoms with Crippen LogP contribution in [0.4, 0.5) is 14.5 Å². The quantitative estimate of drug-likeness (QED) is 0.614. The van der Waals surface area contributed by atoms with Crippen molar-refractivity contribution >= 4 is 46.0 Å². The van der Waals surface area contributed by atoms with Crippen molar-refractivity contribution in [3.8, 4) is 0 Å². The van der Waals surface area contributed by atoms with Crippen LogP contribution in [-0.2, 0) is 10.3 Å². The van der Waals surface area contributed by atoms with Gasteiger partial charge in [0.25, 0.3) is 5.91 Å². The van der Waals surface area contributed by atoms with Crippen molar-refractivity contribution in [2.75, 3.05) is 18.4 Å². The van der Waals surface area contributed by atoms with Gasteiger partial charge in [-0.15, -0.1) is 0 Å². The van der Waals surface area contributed by atoms with E-state index in [0.717, 1.165) is 30.7 Å². The van der Waals surface area contributed by atoms with Crippen LogP contribution in [0.3, 0.4) is 0 Å². The predicted molar refractivity (Wildman–Crippen MR) is 134 cm³/mol. The second-order valence-corrected chi connectivity index (χ2v) is 11.1. The number of thioether (sulfide) groups is 1. The molecule has 1 saturated heterocycles. The number of nitrogens with one attached hydrogen (secondary N) is 1. The molecule has 2 aliphatic rings. The van der Waals surface area contributed by atoms with E-state index in [0.29, 0.717) is 18.1 Å². The summed E-state index contributed by atoms with van der Waals surface area (Å²) in [5, 5.41) is 3.01. The van der Waals surface area contributed by atoms with Gasteiger partial charge < -0.3 is 16.0 Å². The lowest BCUT2D eigenvalue weighted by molar-refractivity contribution is -0.134. The molecule has 4 rings (SSSR count). The molecular formula is C24H26ClF2N5O2S. The highest BCUT2D eigenvalue weighted by atomic mass is 35.5. The fourth-order valence-electron chi connectivity index (χ4n) is 4.68. The molecule has 1 aromatic carbocycles. The molecule has 3 N–H and O–H groups in total. The van der Waals surface area contributed by atoms with E-state index in [1.165, 1.54) is 24.4 Å². The summed E-state index contributed by atoms with van der Waals surface area (Å²) in [4.78, 5) is 36.3. The Labute approximate surface area is 211 Å². The molecule has 2 amide bonds. The van der Waals surface area contributed by atoms with Crippen LogP contribution in [0.2, 0.25) is 5.02 Å². The standard InChI is InChI=1S/C24H26ClF2N5O2S/c1-13-23(2,31-22(28)35-24(13,3)21(34)32-8-4-5-9-32)16-10-15(11-17(26)19(16)27)30-20(33)18-7-6-14(25)12-29-18/h6-7,10-13H,4-5,8-9H2,1-3H3,(H2,28,31)(H,30,33)/t13-,23-,24-/m0/s1. The number of aromatic nitrogens is 1. The Hall–Kier alpha value is -2.72. The molecule has 35 heavy (non-hydrogen) atoms. The number of benzene rings is 1. The van der Waals surface area contributed by atoms with Gasteiger partial charge in [0.15, 0.2) is 16.8 Å². The Bertz CT molecular complexity index is 1210. The van der Waals surface area contributed by atoms with Gasteiger partial charge in [0, 0.05) is 42.5 Å². The van der Waals surface area contributed by atoms with Gasteiger partial charge in [0.2, 0.25) is 5.91 Å². The van der Waals surface area contributed by atoms with E-state index in [9.17, 15) is 14.0 Å². The molecule has 0 spiro atoms. The molecule has 0 aliphatic carbocycles. The Morgan fingerprint density at radius 1 is 1.23 bits per heavy atom. The first kappa shape index (κ1) is 25.4. The maximum atomic E-state index is 15.2. The fourth-order valence-corrected chi connectivity index (χ4v) is 6.09. The van der Waals surface area contributed by atoms with Crippen molar-refractivity contribution < 1.29 is 18.4 Å². The Kier molecular flexibility index (Phi) is 6.80. The van der Waals surface area contributed by atoms with E-state index in [1.54, 1.807) is 25.7 Å². The van der Waals surface area contributed by atoms with Crippen molar-refractivity contribution in [2.24, 2.45) is 16.6 Å². The molecule has 2 aromatic rings. The molecule has 1 aromatic heterocycles. The predicted octanol–water partition coefficient (Wildman–Crippen LogP) is 4.56. The van der Waals surface area contributed by atoms with E-state index >= 15 is 4.39 Å². The van der Waals surface area contributed by atoms with Crippen molar-refractivity contribution in [1.82, 2.24) is 9.88 Å². The van der Waals surface area contributed by atoms with Crippen molar-refractivity contribution in [3.63, 3.8) is 0 Å². The molecule has 0 saturated carbocycles. The Morgan fingerprint density at radius 2 is 1.91 bits per heavy atom. The van der Waals surface area contributed by atoms with Crippen LogP contribution in [0.25, 0.3) is 0 Å². The largest absolute Gasteiger partial charge is 0.378 e. The van der Waals surface area contributed by atoms with E-state index in [2.05, 4.69) is 15.3 Å². The fraction of sp³-hybridized carbons (Fsp3) is 0.417. The number of rotatable bonds is 4. The van der Waals surface area contributed by atoms with Gasteiger partial charge in [-0.2, -0.15) is 0 Å². The maximum absolute atomic E-state index is 15.2. The van der Waals surface area contributed by atoms with Crippen molar-refractivity contribution in [3.05, 3.63) is 58.4 Å². The van der Waals surface area contributed by atoms with Crippen molar-refractivity contribution in [2.45, 2.75) is 43.9 Å². The molecule has 3 atom stereocenters. The summed E-state index contributed by atoms with van der Waals surface area (Å²) >= 11 is 6.96. The highest BCUT2D eigenvalue weighted by Gasteiger charge is 2.55. The summed E-state index contributed by atoms with van der Waals surface area (Å²) in [5.74, 6) is -3.54. The smallest absolute Gasteiger partial charge is 0.274 e.